The zero-order valence-electron chi connectivity index (χ0n) is 14.8. The predicted octanol–water partition coefficient (Wildman–Crippen LogP) is 5.17. The molecule has 0 radical (unpaired) electrons. The maximum absolute atomic E-state index is 12.8. The van der Waals surface area contributed by atoms with Gasteiger partial charge in [0, 0.05) is 11.8 Å². The van der Waals surface area contributed by atoms with Crippen LogP contribution in [0.25, 0.3) is 0 Å². The molecule has 0 aliphatic carbocycles. The summed E-state index contributed by atoms with van der Waals surface area (Å²) < 4.78 is 57.9. The van der Waals surface area contributed by atoms with Crippen molar-refractivity contribution >= 4 is 16.7 Å². The molecule has 0 aliphatic heterocycles. The van der Waals surface area contributed by atoms with Crippen molar-refractivity contribution in [3.05, 3.63) is 29.8 Å². The van der Waals surface area contributed by atoms with Crippen LogP contribution < -0.4 is 4.74 Å². The topological polar surface area (TPSA) is 38.7 Å². The second-order valence-electron chi connectivity index (χ2n) is 5.82. The van der Waals surface area contributed by atoms with Gasteiger partial charge >= 0.3 is 6.18 Å². The van der Waals surface area contributed by atoms with Crippen LogP contribution >= 0.6 is 0 Å². The molecule has 24 heavy (non-hydrogen) atoms. The summed E-state index contributed by atoms with van der Waals surface area (Å²) in [6, 6.07) is 5.43. The van der Waals surface area contributed by atoms with E-state index in [0.29, 0.717) is 12.4 Å². The molecule has 1 rings (SSSR count). The Morgan fingerprint density at radius 3 is 2.08 bits per heavy atom. The van der Waals surface area contributed by atoms with Crippen molar-refractivity contribution in [1.82, 2.24) is 0 Å². The van der Waals surface area contributed by atoms with Crippen LogP contribution in [-0.2, 0) is 11.0 Å². The Kier molecular flexibility index (Phi) is 10.6. The summed E-state index contributed by atoms with van der Waals surface area (Å²) in [5.74, 6) is 1.33. The van der Waals surface area contributed by atoms with Gasteiger partial charge in [0.15, 0.2) is 5.71 Å². The van der Waals surface area contributed by atoms with Gasteiger partial charge in [-0.1, -0.05) is 34.1 Å². The van der Waals surface area contributed by atoms with Crippen LogP contribution in [0.5, 0.6) is 5.75 Å². The molecule has 1 atom stereocenters. The summed E-state index contributed by atoms with van der Waals surface area (Å²) in [6.07, 6.45) is -1.69. The van der Waals surface area contributed by atoms with E-state index in [1.807, 2.05) is 6.92 Å². The zero-order chi connectivity index (χ0) is 18.8. The Morgan fingerprint density at radius 2 is 1.71 bits per heavy atom. The van der Waals surface area contributed by atoms with Gasteiger partial charge in [-0.25, -0.2) is 4.21 Å². The minimum Gasteiger partial charge on any atom is -0.494 e. The lowest BCUT2D eigenvalue weighted by Gasteiger charge is -2.11. The molecule has 0 aromatic heterocycles. The van der Waals surface area contributed by atoms with Crippen LogP contribution in [-0.4, -0.2) is 29.0 Å². The molecule has 1 aromatic rings. The van der Waals surface area contributed by atoms with Gasteiger partial charge in [-0.2, -0.15) is 17.6 Å². The first kappa shape index (κ1) is 22.6. The number of hydrogen-bond acceptors (Lipinski definition) is 2. The molecule has 138 valence electrons. The minimum atomic E-state index is -4.64. The Hall–Kier alpha value is -1.37. The third-order valence-electron chi connectivity index (χ3n) is 2.38. The fourth-order valence-electron chi connectivity index (χ4n) is 1.44. The van der Waals surface area contributed by atoms with E-state index >= 15 is 0 Å². The first-order chi connectivity index (χ1) is 11.1. The van der Waals surface area contributed by atoms with Crippen molar-refractivity contribution in [2.45, 2.75) is 46.7 Å². The summed E-state index contributed by atoms with van der Waals surface area (Å²) in [5, 5.41) is 0. The minimum absolute atomic E-state index is 0.129. The third kappa shape index (κ3) is 10.4. The van der Waals surface area contributed by atoms with Crippen LogP contribution in [0.3, 0.4) is 0 Å². The number of nitrogens with zero attached hydrogens (tertiary/aromatic N) is 1. The van der Waals surface area contributed by atoms with Gasteiger partial charge < -0.3 is 4.74 Å². The summed E-state index contributed by atoms with van der Waals surface area (Å²) >= 11 is 0. The summed E-state index contributed by atoms with van der Waals surface area (Å²) in [7, 11) is -1.92. The molecular weight excluding hydrogens is 339 g/mol. The highest BCUT2D eigenvalue weighted by atomic mass is 32.2. The van der Waals surface area contributed by atoms with Crippen LogP contribution in [0.2, 0.25) is 0 Å². The van der Waals surface area contributed by atoms with Crippen LogP contribution in [0.15, 0.2) is 28.7 Å². The monoisotopic (exact) mass is 365 g/mol. The molecular formula is C17H26F3NO2S. The molecule has 1 aromatic carbocycles. The maximum Gasteiger partial charge on any atom is 0.434 e. The molecule has 0 saturated heterocycles. The summed E-state index contributed by atoms with van der Waals surface area (Å²) in [5.41, 5.74) is -1.27. The van der Waals surface area contributed by atoms with E-state index in [0.717, 1.165) is 25.0 Å². The van der Waals surface area contributed by atoms with Gasteiger partial charge in [-0.3, -0.25) is 0 Å². The number of halogens is 3. The molecule has 3 nitrogen and oxygen atoms in total. The van der Waals surface area contributed by atoms with E-state index in [1.165, 1.54) is 24.3 Å². The van der Waals surface area contributed by atoms with Gasteiger partial charge in [-0.15, -0.1) is 0 Å². The Bertz CT molecular complexity index is 523. The molecule has 0 heterocycles. The fraction of sp³-hybridized carbons (Fsp3) is 0.588. The summed E-state index contributed by atoms with van der Waals surface area (Å²) in [6.45, 7) is 9.04. The Labute approximate surface area is 144 Å². The molecule has 0 aliphatic rings. The van der Waals surface area contributed by atoms with Crippen molar-refractivity contribution in [2.75, 3.05) is 12.9 Å². The van der Waals surface area contributed by atoms with Gasteiger partial charge in [-0.05, 0) is 36.6 Å². The normalized spacial score (nSPS) is 13.3. The predicted molar refractivity (Wildman–Crippen MR) is 94.0 cm³/mol. The largest absolute Gasteiger partial charge is 0.494 e. The van der Waals surface area contributed by atoms with Crippen molar-refractivity contribution in [2.24, 2.45) is 10.3 Å². The first-order valence-corrected chi connectivity index (χ1v) is 9.32. The van der Waals surface area contributed by atoms with E-state index in [-0.39, 0.29) is 5.56 Å². The molecule has 0 bridgehead atoms. The fourth-order valence-corrected chi connectivity index (χ4v) is 1.91. The molecule has 0 fully saturated rings. The lowest BCUT2D eigenvalue weighted by atomic mass is 10.1. The average molecular weight is 365 g/mol. The highest BCUT2D eigenvalue weighted by molar-refractivity contribution is 7.83. The van der Waals surface area contributed by atoms with E-state index in [4.69, 9.17) is 4.74 Å². The number of alkyl halides is 3. The van der Waals surface area contributed by atoms with Crippen LogP contribution in [0, 0.1) is 5.92 Å². The lowest BCUT2D eigenvalue weighted by Crippen LogP contribution is -2.24. The average Bonchev–Trinajstić information content (AvgIpc) is 2.44. The van der Waals surface area contributed by atoms with Crippen molar-refractivity contribution in [1.29, 1.82) is 0 Å². The van der Waals surface area contributed by atoms with E-state index in [2.05, 4.69) is 25.2 Å². The molecule has 0 saturated carbocycles. The van der Waals surface area contributed by atoms with Gasteiger partial charge in [0.05, 0.1) is 6.61 Å². The number of hydrogen-bond donors (Lipinski definition) is 0. The smallest absolute Gasteiger partial charge is 0.434 e. The van der Waals surface area contributed by atoms with Gasteiger partial charge in [0.2, 0.25) is 0 Å². The van der Waals surface area contributed by atoms with Gasteiger partial charge in [0.1, 0.15) is 16.7 Å². The second kappa shape index (κ2) is 11.2. The second-order valence-corrected chi connectivity index (χ2v) is 6.85. The number of unbranched alkanes of at least 4 members (excludes halogenated alkanes) is 1. The highest BCUT2D eigenvalue weighted by Gasteiger charge is 2.37. The molecule has 7 heteroatoms. The Balaban J connectivity index is 0.00000118. The zero-order valence-corrected chi connectivity index (χ0v) is 15.6. The number of benzene rings is 1. The molecule has 0 amide bonds. The summed E-state index contributed by atoms with van der Waals surface area (Å²) in [4.78, 5) is 0. The molecule has 0 spiro atoms. The van der Waals surface area contributed by atoms with E-state index in [9.17, 15) is 17.4 Å². The number of ether oxygens (including phenoxy) is 1. The quantitative estimate of drug-likeness (QED) is 0.515. The lowest BCUT2D eigenvalue weighted by molar-refractivity contribution is -0.0578. The standard InChI is InChI=1S/C13H16F3NO2S.C4H10/c1-3-4-9-19-11-7-5-10(6-8-11)12(13(14,15)16)17-20(2)18;1-4(2)3/h5-8H,3-4,9H2,1-2H3;4H,1-3H3/t20-;/m0./s1. The van der Waals surface area contributed by atoms with E-state index in [1.54, 1.807) is 0 Å². The van der Waals surface area contributed by atoms with Crippen LogP contribution in [0.1, 0.15) is 46.1 Å². The van der Waals surface area contributed by atoms with Gasteiger partial charge in [0.25, 0.3) is 0 Å². The third-order valence-corrected chi connectivity index (χ3v) is 2.82. The molecule has 0 N–H and O–H groups in total. The van der Waals surface area contributed by atoms with Crippen molar-refractivity contribution < 1.29 is 22.1 Å². The maximum atomic E-state index is 12.8. The van der Waals surface area contributed by atoms with Crippen LogP contribution in [0.4, 0.5) is 13.2 Å². The van der Waals surface area contributed by atoms with Crippen molar-refractivity contribution in [3.8, 4) is 5.75 Å². The van der Waals surface area contributed by atoms with E-state index < -0.39 is 22.9 Å². The SMILES string of the molecule is CC(C)C.CCCCOc1ccc(C(=N[S@](C)=O)C(F)(F)F)cc1. The Morgan fingerprint density at radius 1 is 1.21 bits per heavy atom. The highest BCUT2D eigenvalue weighted by Crippen LogP contribution is 2.24. The van der Waals surface area contributed by atoms with Crippen molar-refractivity contribution in [3.63, 3.8) is 0 Å². The first-order valence-electron chi connectivity index (χ1n) is 7.80. The number of rotatable bonds is 6. The molecule has 0 unspecified atom stereocenters.